The highest BCUT2D eigenvalue weighted by atomic mass is 33.5. The summed E-state index contributed by atoms with van der Waals surface area (Å²) in [5, 5.41) is 0. The summed E-state index contributed by atoms with van der Waals surface area (Å²) in [6.07, 6.45) is 0. The van der Waals surface area contributed by atoms with E-state index in [1.165, 1.54) is 0 Å². The third-order valence-electron chi connectivity index (χ3n) is 1.53. The van der Waals surface area contributed by atoms with Crippen molar-refractivity contribution in [1.29, 1.82) is 0 Å². The zero-order valence-electron chi connectivity index (χ0n) is 9.10. The molecule has 0 spiro atoms. The molecule has 0 aromatic carbocycles. The van der Waals surface area contributed by atoms with E-state index in [-0.39, 0.29) is 0 Å². The quantitative estimate of drug-likeness (QED) is 0.458. The lowest BCUT2D eigenvalue weighted by molar-refractivity contribution is 0.684. The van der Waals surface area contributed by atoms with Gasteiger partial charge in [0.2, 0.25) is 0 Å². The second kappa shape index (κ2) is 11.8. The van der Waals surface area contributed by atoms with E-state index in [0.29, 0.717) is 0 Å². The van der Waals surface area contributed by atoms with Gasteiger partial charge in [-0.3, -0.25) is 8.42 Å². The molecule has 0 N–H and O–H groups in total. The minimum Gasteiger partial charge on any atom is -0.260 e. The van der Waals surface area contributed by atoms with Crippen molar-refractivity contribution < 1.29 is 8.42 Å². The Bertz CT molecular complexity index is 177. The van der Waals surface area contributed by atoms with Crippen molar-refractivity contribution in [2.75, 3.05) is 34.5 Å². The normalized spacial score (nSPS) is 15.1. The third kappa shape index (κ3) is 11.6. The molecule has 0 bridgehead atoms. The van der Waals surface area contributed by atoms with Crippen LogP contribution in [-0.2, 0) is 21.6 Å². The van der Waals surface area contributed by atoms with E-state index in [0.717, 1.165) is 34.5 Å². The lowest BCUT2D eigenvalue weighted by atomic mass is 10.9. The van der Waals surface area contributed by atoms with Gasteiger partial charge in [0.1, 0.15) is 0 Å². The van der Waals surface area contributed by atoms with Crippen LogP contribution >= 0.6 is 31.4 Å². The molecule has 0 aliphatic heterocycles. The fourth-order valence-corrected chi connectivity index (χ4v) is 7.13. The molecule has 0 fully saturated rings. The Morgan fingerprint density at radius 2 is 1.27 bits per heavy atom. The topological polar surface area (TPSA) is 34.1 Å². The molecule has 0 heterocycles. The van der Waals surface area contributed by atoms with Crippen molar-refractivity contribution >= 4 is 53.0 Å². The molecule has 2 nitrogen and oxygen atoms in total. The second-order valence-electron chi connectivity index (χ2n) is 2.58. The van der Waals surface area contributed by atoms with Gasteiger partial charge in [0.25, 0.3) is 0 Å². The summed E-state index contributed by atoms with van der Waals surface area (Å²) in [6, 6.07) is 0. The summed E-state index contributed by atoms with van der Waals surface area (Å²) >= 11 is 0. The molecule has 15 heavy (non-hydrogen) atoms. The van der Waals surface area contributed by atoms with Crippen molar-refractivity contribution in [2.45, 2.75) is 13.8 Å². The first-order chi connectivity index (χ1) is 7.20. The minimum atomic E-state index is -0.635. The SMILES string of the molecule is CCS(=O)CCSSSCCS(=O)CC. The van der Waals surface area contributed by atoms with Crippen LogP contribution in [0.4, 0.5) is 0 Å². The molecule has 0 aliphatic rings. The van der Waals surface area contributed by atoms with Gasteiger partial charge in [0, 0.05) is 56.1 Å². The monoisotopic (exact) mass is 306 g/mol. The fourth-order valence-electron chi connectivity index (χ4n) is 0.645. The molecule has 7 heteroatoms. The van der Waals surface area contributed by atoms with Gasteiger partial charge in [-0.1, -0.05) is 35.4 Å². The summed E-state index contributed by atoms with van der Waals surface area (Å²) in [5.41, 5.74) is 0. The smallest absolute Gasteiger partial charge is 0.0334 e. The summed E-state index contributed by atoms with van der Waals surface area (Å²) in [5.74, 6) is 4.97. The molecule has 0 aliphatic carbocycles. The Balaban J connectivity index is 3.11. The van der Waals surface area contributed by atoms with E-state index >= 15 is 0 Å². The average Bonchev–Trinajstić information content (AvgIpc) is 2.26. The highest BCUT2D eigenvalue weighted by Crippen LogP contribution is 2.34. The van der Waals surface area contributed by atoms with Crippen molar-refractivity contribution in [3.63, 3.8) is 0 Å². The first-order valence-electron chi connectivity index (χ1n) is 4.81. The van der Waals surface area contributed by atoms with Gasteiger partial charge < -0.3 is 0 Å². The second-order valence-corrected chi connectivity index (χ2v) is 10.8. The molecule has 2 unspecified atom stereocenters. The summed E-state index contributed by atoms with van der Waals surface area (Å²) < 4.78 is 22.1. The Morgan fingerprint density at radius 3 is 1.60 bits per heavy atom. The van der Waals surface area contributed by atoms with Gasteiger partial charge in [-0.2, -0.15) is 0 Å². The molecule has 92 valence electrons. The Kier molecular flexibility index (Phi) is 12.9. The molecule has 0 rings (SSSR count). The van der Waals surface area contributed by atoms with Crippen LogP contribution in [0.2, 0.25) is 0 Å². The van der Waals surface area contributed by atoms with Crippen LogP contribution in [0.3, 0.4) is 0 Å². The molecule has 0 aromatic rings. The molecule has 0 aromatic heterocycles. The first kappa shape index (κ1) is 16.4. The van der Waals surface area contributed by atoms with Gasteiger partial charge in [-0.25, -0.2) is 0 Å². The maximum Gasteiger partial charge on any atom is 0.0334 e. The molecule has 0 amide bonds. The molecule has 0 saturated heterocycles. The number of hydrogen-bond acceptors (Lipinski definition) is 5. The van der Waals surface area contributed by atoms with Crippen LogP contribution in [0.5, 0.6) is 0 Å². The van der Waals surface area contributed by atoms with Gasteiger partial charge in [0.15, 0.2) is 0 Å². The third-order valence-corrected chi connectivity index (χ3v) is 8.90. The van der Waals surface area contributed by atoms with E-state index in [1.807, 2.05) is 13.8 Å². The highest BCUT2D eigenvalue weighted by Gasteiger charge is 1.99. The van der Waals surface area contributed by atoms with E-state index in [2.05, 4.69) is 0 Å². The number of rotatable bonds is 10. The summed E-state index contributed by atoms with van der Waals surface area (Å²) in [6.45, 7) is 3.89. The zero-order valence-corrected chi connectivity index (χ0v) is 13.2. The average molecular weight is 307 g/mol. The maximum atomic E-state index is 11.1. The Morgan fingerprint density at radius 1 is 0.867 bits per heavy atom. The van der Waals surface area contributed by atoms with Crippen molar-refractivity contribution in [1.82, 2.24) is 0 Å². The van der Waals surface area contributed by atoms with Gasteiger partial charge in [0.05, 0.1) is 0 Å². The van der Waals surface area contributed by atoms with Gasteiger partial charge in [-0.05, 0) is 9.83 Å². The van der Waals surface area contributed by atoms with Crippen LogP contribution in [0.15, 0.2) is 0 Å². The molecule has 2 atom stereocenters. The molecular weight excluding hydrogens is 288 g/mol. The Hall–Kier alpha value is 1.35. The van der Waals surface area contributed by atoms with E-state index in [1.54, 1.807) is 31.4 Å². The van der Waals surface area contributed by atoms with Crippen LogP contribution in [0.25, 0.3) is 0 Å². The zero-order chi connectivity index (χ0) is 11.5. The predicted octanol–water partition coefficient (Wildman–Crippen LogP) is 2.55. The largest absolute Gasteiger partial charge is 0.260 e. The van der Waals surface area contributed by atoms with Gasteiger partial charge >= 0.3 is 0 Å². The van der Waals surface area contributed by atoms with Crippen LogP contribution in [0.1, 0.15) is 13.8 Å². The molecular formula is C8H18O2S5. The lowest BCUT2D eigenvalue weighted by Gasteiger charge is -2.00. The lowest BCUT2D eigenvalue weighted by Crippen LogP contribution is -2.01. The van der Waals surface area contributed by atoms with Crippen molar-refractivity contribution in [2.24, 2.45) is 0 Å². The Labute approximate surface area is 109 Å². The van der Waals surface area contributed by atoms with Crippen molar-refractivity contribution in [3.05, 3.63) is 0 Å². The van der Waals surface area contributed by atoms with Crippen LogP contribution < -0.4 is 0 Å². The van der Waals surface area contributed by atoms with E-state index in [4.69, 9.17) is 0 Å². The summed E-state index contributed by atoms with van der Waals surface area (Å²) in [4.78, 5) is 0. The molecule has 0 saturated carbocycles. The van der Waals surface area contributed by atoms with Gasteiger partial charge in [-0.15, -0.1) is 0 Å². The minimum absolute atomic E-state index is 0.635. The molecule has 0 radical (unpaired) electrons. The predicted molar refractivity (Wildman–Crippen MR) is 79.6 cm³/mol. The van der Waals surface area contributed by atoms with E-state index in [9.17, 15) is 8.42 Å². The standard InChI is InChI=1S/C8H18O2S5/c1-3-14(9)7-5-11-13-12-6-8-15(10)4-2/h3-8H2,1-2H3. The maximum absolute atomic E-state index is 11.1. The summed E-state index contributed by atoms with van der Waals surface area (Å²) in [7, 11) is 3.94. The fraction of sp³-hybridized carbons (Fsp3) is 1.00. The highest BCUT2D eigenvalue weighted by molar-refractivity contribution is 9.09. The first-order valence-corrected chi connectivity index (χ1v) is 11.6. The van der Waals surface area contributed by atoms with E-state index < -0.39 is 21.6 Å². The van der Waals surface area contributed by atoms with Crippen LogP contribution in [-0.4, -0.2) is 42.9 Å². The van der Waals surface area contributed by atoms with Crippen molar-refractivity contribution in [3.8, 4) is 0 Å². The number of hydrogen-bond donors (Lipinski definition) is 0. The van der Waals surface area contributed by atoms with Crippen LogP contribution in [0, 0.1) is 0 Å².